The minimum atomic E-state index is -0.352. The number of halogens is 1. The van der Waals surface area contributed by atoms with Crippen LogP contribution in [0, 0.1) is 5.82 Å². The van der Waals surface area contributed by atoms with Crippen LogP contribution in [0.15, 0.2) is 18.2 Å². The van der Waals surface area contributed by atoms with Crippen molar-refractivity contribution < 1.29 is 9.18 Å². The van der Waals surface area contributed by atoms with Gasteiger partial charge >= 0.3 is 0 Å². The van der Waals surface area contributed by atoms with Crippen LogP contribution < -0.4 is 10.6 Å². The standard InChI is InChI=1S/C15H17FN4O/c1-2-3-11-13(17)14(19-18-11)15(21)20-7-6-9-4-5-10(16)8-12(9)20/h4-5,8H,2-3,6-7,17H2,1H3,(H,18,19). The summed E-state index contributed by atoms with van der Waals surface area (Å²) >= 11 is 0. The third kappa shape index (κ3) is 2.26. The smallest absolute Gasteiger partial charge is 0.280 e. The Labute approximate surface area is 121 Å². The highest BCUT2D eigenvalue weighted by atomic mass is 19.1. The lowest BCUT2D eigenvalue weighted by atomic mass is 10.1. The molecule has 2 aromatic rings. The van der Waals surface area contributed by atoms with Crippen molar-refractivity contribution in [2.45, 2.75) is 26.2 Å². The maximum atomic E-state index is 13.4. The maximum Gasteiger partial charge on any atom is 0.280 e. The number of hydrogen-bond donors (Lipinski definition) is 2. The Morgan fingerprint density at radius 2 is 2.33 bits per heavy atom. The molecule has 2 heterocycles. The fourth-order valence-corrected chi connectivity index (χ4v) is 2.68. The lowest BCUT2D eigenvalue weighted by Gasteiger charge is -2.16. The molecular weight excluding hydrogens is 271 g/mol. The number of aromatic amines is 1. The van der Waals surface area contributed by atoms with Crippen LogP contribution in [0.4, 0.5) is 15.8 Å². The van der Waals surface area contributed by atoms with Crippen molar-refractivity contribution in [1.82, 2.24) is 10.2 Å². The van der Waals surface area contributed by atoms with Gasteiger partial charge in [-0.25, -0.2) is 4.39 Å². The van der Waals surface area contributed by atoms with Gasteiger partial charge in [-0.05, 0) is 30.5 Å². The van der Waals surface area contributed by atoms with E-state index in [1.165, 1.54) is 12.1 Å². The summed E-state index contributed by atoms with van der Waals surface area (Å²) in [5, 5.41) is 6.86. The minimum Gasteiger partial charge on any atom is -0.395 e. The molecule has 1 aliphatic heterocycles. The summed E-state index contributed by atoms with van der Waals surface area (Å²) in [5.74, 6) is -0.634. The van der Waals surface area contributed by atoms with E-state index in [-0.39, 0.29) is 17.4 Å². The Hall–Kier alpha value is -2.37. The van der Waals surface area contributed by atoms with E-state index < -0.39 is 0 Å². The van der Waals surface area contributed by atoms with Crippen molar-refractivity contribution >= 4 is 17.3 Å². The number of fused-ring (bicyclic) bond motifs is 1. The van der Waals surface area contributed by atoms with Crippen LogP contribution in [0.1, 0.15) is 35.1 Å². The fraction of sp³-hybridized carbons (Fsp3) is 0.333. The van der Waals surface area contributed by atoms with E-state index in [1.54, 1.807) is 11.0 Å². The Kier molecular flexibility index (Phi) is 3.37. The molecule has 3 rings (SSSR count). The van der Waals surface area contributed by atoms with Gasteiger partial charge in [0.15, 0.2) is 5.69 Å². The lowest BCUT2D eigenvalue weighted by molar-refractivity contribution is 0.0985. The number of nitrogens with zero attached hydrogens (tertiary/aromatic N) is 2. The van der Waals surface area contributed by atoms with E-state index in [0.717, 1.165) is 24.1 Å². The Bertz CT molecular complexity index is 695. The summed E-state index contributed by atoms with van der Waals surface area (Å²) < 4.78 is 13.4. The topological polar surface area (TPSA) is 75.0 Å². The van der Waals surface area contributed by atoms with Gasteiger partial charge in [-0.1, -0.05) is 19.4 Å². The molecule has 1 aromatic carbocycles. The number of nitrogens with two attached hydrogens (primary N) is 1. The van der Waals surface area contributed by atoms with E-state index in [1.807, 2.05) is 6.92 Å². The number of carbonyl (C=O) groups is 1. The summed E-state index contributed by atoms with van der Waals surface area (Å²) in [5.41, 5.74) is 8.96. The molecule has 0 fully saturated rings. The normalized spacial score (nSPS) is 13.5. The predicted molar refractivity (Wildman–Crippen MR) is 78.8 cm³/mol. The fourth-order valence-electron chi connectivity index (χ4n) is 2.68. The summed E-state index contributed by atoms with van der Waals surface area (Å²) in [6, 6.07) is 4.51. The molecule has 6 heteroatoms. The maximum absolute atomic E-state index is 13.4. The monoisotopic (exact) mass is 288 g/mol. The number of nitrogens with one attached hydrogen (secondary N) is 1. The van der Waals surface area contributed by atoms with Gasteiger partial charge in [0, 0.05) is 6.54 Å². The van der Waals surface area contributed by atoms with Gasteiger partial charge in [0.05, 0.1) is 17.1 Å². The van der Waals surface area contributed by atoms with Crippen molar-refractivity contribution in [2.24, 2.45) is 0 Å². The molecule has 3 N–H and O–H groups in total. The Balaban J connectivity index is 1.93. The third-order valence-electron chi connectivity index (χ3n) is 3.77. The second-order valence-corrected chi connectivity index (χ2v) is 5.19. The van der Waals surface area contributed by atoms with Gasteiger partial charge in [-0.2, -0.15) is 5.10 Å². The lowest BCUT2D eigenvalue weighted by Crippen LogP contribution is -2.30. The molecule has 0 aliphatic carbocycles. The molecule has 21 heavy (non-hydrogen) atoms. The molecule has 5 nitrogen and oxygen atoms in total. The number of hydrogen-bond acceptors (Lipinski definition) is 3. The summed E-state index contributed by atoms with van der Waals surface area (Å²) in [7, 11) is 0. The van der Waals surface area contributed by atoms with Gasteiger partial charge in [-0.15, -0.1) is 0 Å². The van der Waals surface area contributed by atoms with Gasteiger partial charge < -0.3 is 10.6 Å². The zero-order valence-corrected chi connectivity index (χ0v) is 11.8. The van der Waals surface area contributed by atoms with E-state index in [0.29, 0.717) is 24.3 Å². The van der Waals surface area contributed by atoms with E-state index in [4.69, 9.17) is 5.73 Å². The summed E-state index contributed by atoms with van der Waals surface area (Å²) in [6.45, 7) is 2.55. The predicted octanol–water partition coefficient (Wildman–Crippen LogP) is 2.29. The van der Waals surface area contributed by atoms with E-state index in [2.05, 4.69) is 10.2 Å². The summed E-state index contributed by atoms with van der Waals surface area (Å²) in [4.78, 5) is 14.1. The van der Waals surface area contributed by atoms with Gasteiger partial charge in [0.2, 0.25) is 0 Å². The van der Waals surface area contributed by atoms with Crippen molar-refractivity contribution in [2.75, 3.05) is 17.2 Å². The van der Waals surface area contributed by atoms with Crippen molar-refractivity contribution in [3.8, 4) is 0 Å². The number of carbonyl (C=O) groups excluding carboxylic acids is 1. The number of anilines is 2. The Morgan fingerprint density at radius 3 is 3.10 bits per heavy atom. The van der Waals surface area contributed by atoms with Crippen LogP contribution in [-0.2, 0) is 12.8 Å². The van der Waals surface area contributed by atoms with E-state index in [9.17, 15) is 9.18 Å². The highest BCUT2D eigenvalue weighted by molar-refractivity contribution is 6.09. The first-order valence-corrected chi connectivity index (χ1v) is 7.04. The van der Waals surface area contributed by atoms with Crippen molar-refractivity contribution in [3.63, 3.8) is 0 Å². The van der Waals surface area contributed by atoms with Crippen LogP contribution in [0.25, 0.3) is 0 Å². The number of benzene rings is 1. The quantitative estimate of drug-likeness (QED) is 0.910. The van der Waals surface area contributed by atoms with Crippen LogP contribution in [0.2, 0.25) is 0 Å². The molecule has 1 aliphatic rings. The number of aryl methyl sites for hydroxylation is 1. The number of aromatic nitrogens is 2. The Morgan fingerprint density at radius 1 is 1.52 bits per heavy atom. The first-order valence-electron chi connectivity index (χ1n) is 7.04. The number of rotatable bonds is 3. The molecule has 1 aromatic heterocycles. The second kappa shape index (κ2) is 5.20. The van der Waals surface area contributed by atoms with Crippen molar-refractivity contribution in [1.29, 1.82) is 0 Å². The molecule has 0 radical (unpaired) electrons. The molecule has 110 valence electrons. The minimum absolute atomic E-state index is 0.218. The molecule has 0 unspecified atom stereocenters. The number of nitrogen functional groups attached to an aromatic ring is 1. The van der Waals surface area contributed by atoms with Gasteiger partial charge in [0.1, 0.15) is 5.82 Å². The average Bonchev–Trinajstić information content (AvgIpc) is 3.03. The zero-order chi connectivity index (χ0) is 15.0. The van der Waals surface area contributed by atoms with Gasteiger partial charge in [-0.3, -0.25) is 9.89 Å². The number of H-pyrrole nitrogens is 1. The summed E-state index contributed by atoms with van der Waals surface area (Å²) in [6.07, 6.45) is 2.38. The van der Waals surface area contributed by atoms with Crippen LogP contribution in [0.5, 0.6) is 0 Å². The SMILES string of the molecule is CCCc1[nH]nc(C(=O)N2CCc3ccc(F)cc32)c1N. The highest BCUT2D eigenvalue weighted by Gasteiger charge is 2.29. The molecular formula is C15H17FN4O. The first kappa shape index (κ1) is 13.6. The van der Waals surface area contributed by atoms with Crippen LogP contribution >= 0.6 is 0 Å². The highest BCUT2D eigenvalue weighted by Crippen LogP contribution is 2.31. The van der Waals surface area contributed by atoms with Gasteiger partial charge in [0.25, 0.3) is 5.91 Å². The third-order valence-corrected chi connectivity index (χ3v) is 3.77. The van der Waals surface area contributed by atoms with Crippen LogP contribution in [0.3, 0.4) is 0 Å². The second-order valence-electron chi connectivity index (χ2n) is 5.19. The average molecular weight is 288 g/mol. The van der Waals surface area contributed by atoms with Crippen molar-refractivity contribution in [3.05, 3.63) is 41.0 Å². The largest absolute Gasteiger partial charge is 0.395 e. The number of amides is 1. The molecule has 1 amide bonds. The molecule has 0 saturated carbocycles. The van der Waals surface area contributed by atoms with E-state index >= 15 is 0 Å². The molecule has 0 saturated heterocycles. The first-order chi connectivity index (χ1) is 10.1. The van der Waals surface area contributed by atoms with Crippen LogP contribution in [-0.4, -0.2) is 22.6 Å². The molecule has 0 atom stereocenters. The molecule has 0 spiro atoms. The zero-order valence-electron chi connectivity index (χ0n) is 11.8. The molecule has 0 bridgehead atoms.